The van der Waals surface area contributed by atoms with Crippen LogP contribution in [0.5, 0.6) is 0 Å². The molecule has 3 N–H and O–H groups in total. The molecule has 2 aromatic rings. The van der Waals surface area contributed by atoms with Crippen molar-refractivity contribution in [3.8, 4) is 0 Å². The van der Waals surface area contributed by atoms with Crippen molar-refractivity contribution in [1.82, 2.24) is 20.5 Å². The normalized spacial score (nSPS) is 12.2. The highest BCUT2D eigenvalue weighted by molar-refractivity contribution is 5.94. The van der Waals surface area contributed by atoms with Crippen LogP contribution in [0.3, 0.4) is 0 Å². The van der Waals surface area contributed by atoms with Crippen LogP contribution in [-0.4, -0.2) is 21.1 Å². The molecule has 0 spiro atoms. The van der Waals surface area contributed by atoms with Crippen molar-refractivity contribution in [2.75, 3.05) is 0 Å². The number of nitrogens with zero attached hydrogens (tertiary/aromatic N) is 1. The molecule has 0 fully saturated rings. The third-order valence-corrected chi connectivity index (χ3v) is 3.21. The van der Waals surface area contributed by atoms with Crippen molar-refractivity contribution in [3.05, 3.63) is 50.7 Å². The van der Waals surface area contributed by atoms with Gasteiger partial charge in [-0.25, -0.2) is 0 Å². The Morgan fingerprint density at radius 2 is 2.00 bits per heavy atom. The largest absolute Gasteiger partial charge is 0.345 e. The summed E-state index contributed by atoms with van der Waals surface area (Å²) in [5, 5.41) is 9.89. The molecule has 1 atom stereocenters. The summed E-state index contributed by atoms with van der Waals surface area (Å²) in [7, 11) is 0. The molecule has 0 aliphatic carbocycles. The van der Waals surface area contributed by atoms with Gasteiger partial charge >= 0.3 is 0 Å². The Morgan fingerprint density at radius 1 is 1.30 bits per heavy atom. The van der Waals surface area contributed by atoms with E-state index in [0.717, 1.165) is 17.0 Å². The van der Waals surface area contributed by atoms with Gasteiger partial charge in [-0.1, -0.05) is 0 Å². The van der Waals surface area contributed by atoms with E-state index in [1.807, 2.05) is 20.8 Å². The zero-order valence-electron chi connectivity index (χ0n) is 12.0. The number of H-pyrrole nitrogens is 2. The van der Waals surface area contributed by atoms with Gasteiger partial charge in [0, 0.05) is 28.6 Å². The molecular formula is C14H18N4O2. The minimum atomic E-state index is -0.279. The van der Waals surface area contributed by atoms with Crippen LogP contribution in [0.1, 0.15) is 46.0 Å². The lowest BCUT2D eigenvalue weighted by Gasteiger charge is -2.14. The molecule has 0 unspecified atom stereocenters. The summed E-state index contributed by atoms with van der Waals surface area (Å²) in [4.78, 5) is 26.2. The van der Waals surface area contributed by atoms with Gasteiger partial charge in [0.25, 0.3) is 5.91 Å². The second-order valence-electron chi connectivity index (χ2n) is 4.96. The average molecular weight is 274 g/mol. The van der Waals surface area contributed by atoms with Crippen molar-refractivity contribution in [1.29, 1.82) is 0 Å². The molecule has 0 aromatic carbocycles. The summed E-state index contributed by atoms with van der Waals surface area (Å²) in [6.45, 7) is 7.43. The molecule has 0 aliphatic heterocycles. The molecule has 0 radical (unpaired) electrons. The molecule has 106 valence electrons. The fourth-order valence-corrected chi connectivity index (χ4v) is 2.36. The first kappa shape index (κ1) is 14.0. The number of amides is 1. The predicted molar refractivity (Wildman–Crippen MR) is 75.7 cm³/mol. The van der Waals surface area contributed by atoms with Gasteiger partial charge in [0.1, 0.15) is 0 Å². The summed E-state index contributed by atoms with van der Waals surface area (Å²) in [6, 6.07) is 2.77. The molecule has 6 heteroatoms. The molecule has 2 heterocycles. The van der Waals surface area contributed by atoms with Gasteiger partial charge in [0.15, 0.2) is 0 Å². The van der Waals surface area contributed by atoms with E-state index in [4.69, 9.17) is 0 Å². The third kappa shape index (κ3) is 2.79. The maximum atomic E-state index is 12.2. The van der Waals surface area contributed by atoms with E-state index in [1.165, 1.54) is 6.07 Å². The fraction of sp³-hybridized carbons (Fsp3) is 0.357. The number of aromatic nitrogens is 3. The predicted octanol–water partition coefficient (Wildman–Crippen LogP) is 1.51. The molecule has 20 heavy (non-hydrogen) atoms. The Kier molecular flexibility index (Phi) is 3.74. The first-order valence-corrected chi connectivity index (χ1v) is 6.41. The zero-order chi connectivity index (χ0) is 14.9. The lowest BCUT2D eigenvalue weighted by molar-refractivity contribution is 0.0939. The monoisotopic (exact) mass is 274 g/mol. The molecule has 6 nitrogen and oxygen atoms in total. The summed E-state index contributed by atoms with van der Waals surface area (Å²) in [6.07, 6.45) is 0. The van der Waals surface area contributed by atoms with Crippen LogP contribution < -0.4 is 10.9 Å². The first-order valence-electron chi connectivity index (χ1n) is 6.41. The highest BCUT2D eigenvalue weighted by Crippen LogP contribution is 2.19. The van der Waals surface area contributed by atoms with E-state index in [9.17, 15) is 9.59 Å². The summed E-state index contributed by atoms with van der Waals surface area (Å²) < 4.78 is 0. The summed E-state index contributed by atoms with van der Waals surface area (Å²) >= 11 is 0. The standard InChI is InChI=1S/C14H18N4O2/c1-7-5-11(6-12(19)15-7)14(20)16-8(2)13-9(3)17-18-10(13)4/h5-6,8H,1-4H3,(H,15,19)(H,16,20)(H,17,18)/t8-/m1/s1. The molecule has 2 aromatic heterocycles. The quantitative estimate of drug-likeness (QED) is 0.792. The smallest absolute Gasteiger partial charge is 0.252 e. The van der Waals surface area contributed by atoms with Crippen LogP contribution in [0.15, 0.2) is 16.9 Å². The minimum Gasteiger partial charge on any atom is -0.345 e. The van der Waals surface area contributed by atoms with Crippen LogP contribution >= 0.6 is 0 Å². The average Bonchev–Trinajstić information content (AvgIpc) is 2.67. The number of pyridine rings is 1. The topological polar surface area (TPSA) is 90.6 Å². The van der Waals surface area contributed by atoms with Crippen LogP contribution in [0.4, 0.5) is 0 Å². The maximum Gasteiger partial charge on any atom is 0.252 e. The minimum absolute atomic E-state index is 0.180. The van der Waals surface area contributed by atoms with Gasteiger partial charge in [-0.2, -0.15) is 5.10 Å². The number of rotatable bonds is 3. The molecular weight excluding hydrogens is 256 g/mol. The number of aromatic amines is 2. The van der Waals surface area contributed by atoms with Gasteiger partial charge in [0.05, 0.1) is 11.7 Å². The molecule has 0 saturated heterocycles. The van der Waals surface area contributed by atoms with E-state index in [-0.39, 0.29) is 17.5 Å². The lowest BCUT2D eigenvalue weighted by atomic mass is 10.1. The molecule has 2 rings (SSSR count). The van der Waals surface area contributed by atoms with Crippen molar-refractivity contribution in [3.63, 3.8) is 0 Å². The van der Waals surface area contributed by atoms with Gasteiger partial charge in [-0.05, 0) is 33.8 Å². The van der Waals surface area contributed by atoms with Gasteiger partial charge < -0.3 is 10.3 Å². The highest BCUT2D eigenvalue weighted by Gasteiger charge is 2.17. The van der Waals surface area contributed by atoms with E-state index in [0.29, 0.717) is 11.3 Å². The Hall–Kier alpha value is -2.37. The summed E-state index contributed by atoms with van der Waals surface area (Å²) in [5.74, 6) is -0.272. The van der Waals surface area contributed by atoms with Crippen molar-refractivity contribution in [2.24, 2.45) is 0 Å². The zero-order valence-corrected chi connectivity index (χ0v) is 12.0. The van der Waals surface area contributed by atoms with E-state index >= 15 is 0 Å². The van der Waals surface area contributed by atoms with Crippen LogP contribution in [-0.2, 0) is 0 Å². The van der Waals surface area contributed by atoms with Gasteiger partial charge in [0.2, 0.25) is 5.56 Å². The molecule has 0 saturated carbocycles. The van der Waals surface area contributed by atoms with E-state index in [2.05, 4.69) is 20.5 Å². The Morgan fingerprint density at radius 3 is 2.55 bits per heavy atom. The molecule has 0 bridgehead atoms. The van der Waals surface area contributed by atoms with Crippen molar-refractivity contribution < 1.29 is 4.79 Å². The highest BCUT2D eigenvalue weighted by atomic mass is 16.2. The molecule has 0 aliphatic rings. The van der Waals surface area contributed by atoms with Gasteiger partial charge in [-0.15, -0.1) is 0 Å². The van der Waals surface area contributed by atoms with Crippen LogP contribution in [0.25, 0.3) is 0 Å². The van der Waals surface area contributed by atoms with Gasteiger partial charge in [-0.3, -0.25) is 14.7 Å². The second kappa shape index (κ2) is 5.32. The Balaban J connectivity index is 2.21. The number of nitrogens with one attached hydrogen (secondary N) is 3. The molecule has 1 amide bonds. The van der Waals surface area contributed by atoms with Crippen molar-refractivity contribution in [2.45, 2.75) is 33.7 Å². The van der Waals surface area contributed by atoms with Crippen LogP contribution in [0.2, 0.25) is 0 Å². The number of hydrogen-bond acceptors (Lipinski definition) is 3. The number of carbonyl (C=O) groups is 1. The van der Waals surface area contributed by atoms with Crippen molar-refractivity contribution >= 4 is 5.91 Å². The summed E-state index contributed by atoms with van der Waals surface area (Å²) in [5.41, 5.74) is 3.50. The third-order valence-electron chi connectivity index (χ3n) is 3.21. The number of carbonyl (C=O) groups excluding carboxylic acids is 1. The Bertz CT molecular complexity index is 680. The van der Waals surface area contributed by atoms with E-state index in [1.54, 1.807) is 13.0 Å². The first-order chi connectivity index (χ1) is 9.38. The fourth-order valence-electron chi connectivity index (χ4n) is 2.36. The number of hydrogen-bond donors (Lipinski definition) is 3. The Labute approximate surface area is 116 Å². The van der Waals surface area contributed by atoms with Crippen LogP contribution in [0, 0.1) is 20.8 Å². The second-order valence-corrected chi connectivity index (χ2v) is 4.96. The maximum absolute atomic E-state index is 12.2. The van der Waals surface area contributed by atoms with E-state index < -0.39 is 0 Å². The number of aryl methyl sites for hydroxylation is 3. The lowest BCUT2D eigenvalue weighted by Crippen LogP contribution is -2.28. The SMILES string of the molecule is Cc1cc(C(=O)N[C@H](C)c2c(C)n[nH]c2C)cc(=O)[nH]1.